The van der Waals surface area contributed by atoms with Crippen molar-refractivity contribution in [2.24, 2.45) is 0 Å². The van der Waals surface area contributed by atoms with Gasteiger partial charge < -0.3 is 10.1 Å². The van der Waals surface area contributed by atoms with Crippen molar-refractivity contribution >= 4 is 0 Å². The minimum atomic E-state index is -0.103. The second-order valence-electron chi connectivity index (χ2n) is 5.65. The van der Waals surface area contributed by atoms with Crippen molar-refractivity contribution in [3.63, 3.8) is 0 Å². The molecule has 0 spiro atoms. The van der Waals surface area contributed by atoms with Crippen LogP contribution in [0.2, 0.25) is 0 Å². The fourth-order valence-corrected chi connectivity index (χ4v) is 2.95. The maximum absolute atomic E-state index is 6.10. The maximum Gasteiger partial charge on any atom is 0.0849 e. The molecular weight excluding hydrogens is 238 g/mol. The highest BCUT2D eigenvalue weighted by molar-refractivity contribution is 5.16. The van der Waals surface area contributed by atoms with E-state index in [9.17, 15) is 0 Å². The summed E-state index contributed by atoms with van der Waals surface area (Å²) in [6, 6.07) is 0.239. The molecule has 0 bridgehead atoms. The Morgan fingerprint density at radius 1 is 1.47 bits per heavy atom. The molecular formula is C15H27N3O. The molecule has 2 unspecified atom stereocenters. The summed E-state index contributed by atoms with van der Waals surface area (Å²) in [4.78, 5) is 0. The molecule has 1 aliphatic heterocycles. The van der Waals surface area contributed by atoms with Gasteiger partial charge in [-0.3, -0.25) is 4.68 Å². The predicted octanol–water partition coefficient (Wildman–Crippen LogP) is 2.90. The van der Waals surface area contributed by atoms with Gasteiger partial charge in [-0.2, -0.15) is 5.10 Å². The van der Waals surface area contributed by atoms with Crippen molar-refractivity contribution in [1.82, 2.24) is 15.1 Å². The first-order valence-electron chi connectivity index (χ1n) is 7.59. The fraction of sp³-hybridized carbons (Fsp3) is 0.800. The summed E-state index contributed by atoms with van der Waals surface area (Å²) in [5, 5.41) is 8.04. The molecule has 1 fully saturated rings. The number of aromatic nitrogens is 2. The van der Waals surface area contributed by atoms with Crippen LogP contribution in [-0.2, 0) is 11.3 Å². The Morgan fingerprint density at radius 3 is 2.95 bits per heavy atom. The number of hydrogen-bond acceptors (Lipinski definition) is 3. The molecule has 108 valence electrons. The summed E-state index contributed by atoms with van der Waals surface area (Å²) in [7, 11) is 0. The molecule has 0 saturated carbocycles. The zero-order valence-corrected chi connectivity index (χ0v) is 12.5. The molecule has 2 atom stereocenters. The van der Waals surface area contributed by atoms with Crippen molar-refractivity contribution < 1.29 is 4.74 Å². The van der Waals surface area contributed by atoms with Gasteiger partial charge in [0.25, 0.3) is 0 Å². The highest BCUT2D eigenvalue weighted by atomic mass is 16.5. The SMILES string of the molecule is CCCn1cc(C(NCC)C2(C)CCCCO2)cn1. The molecule has 0 radical (unpaired) electrons. The van der Waals surface area contributed by atoms with E-state index in [0.29, 0.717) is 0 Å². The summed E-state index contributed by atoms with van der Waals surface area (Å²) in [6.07, 6.45) is 8.82. The van der Waals surface area contributed by atoms with E-state index >= 15 is 0 Å². The number of ether oxygens (including phenoxy) is 1. The van der Waals surface area contributed by atoms with E-state index in [1.165, 1.54) is 18.4 Å². The van der Waals surface area contributed by atoms with Gasteiger partial charge >= 0.3 is 0 Å². The highest BCUT2D eigenvalue weighted by Crippen LogP contribution is 2.36. The topological polar surface area (TPSA) is 39.1 Å². The maximum atomic E-state index is 6.10. The number of hydrogen-bond donors (Lipinski definition) is 1. The van der Waals surface area contributed by atoms with Gasteiger partial charge in [-0.25, -0.2) is 0 Å². The van der Waals surface area contributed by atoms with Crippen LogP contribution in [-0.4, -0.2) is 28.5 Å². The van der Waals surface area contributed by atoms with Gasteiger partial charge in [-0.05, 0) is 39.2 Å². The summed E-state index contributed by atoms with van der Waals surface area (Å²) in [5.74, 6) is 0. The molecule has 1 N–H and O–H groups in total. The minimum absolute atomic E-state index is 0.103. The first-order valence-corrected chi connectivity index (χ1v) is 7.59. The third kappa shape index (κ3) is 3.37. The van der Waals surface area contributed by atoms with Crippen LogP contribution in [0.15, 0.2) is 12.4 Å². The molecule has 0 aliphatic carbocycles. The molecule has 4 nitrogen and oxygen atoms in total. The van der Waals surface area contributed by atoms with E-state index in [1.54, 1.807) is 0 Å². The Kier molecular flexibility index (Phi) is 4.99. The molecule has 1 aromatic heterocycles. The van der Waals surface area contributed by atoms with Gasteiger partial charge in [0.2, 0.25) is 0 Å². The van der Waals surface area contributed by atoms with Crippen molar-refractivity contribution in [3.05, 3.63) is 18.0 Å². The van der Waals surface area contributed by atoms with Gasteiger partial charge in [0.05, 0.1) is 17.8 Å². The summed E-state index contributed by atoms with van der Waals surface area (Å²) >= 11 is 0. The largest absolute Gasteiger partial charge is 0.373 e. The quantitative estimate of drug-likeness (QED) is 0.859. The second kappa shape index (κ2) is 6.53. The van der Waals surface area contributed by atoms with Gasteiger partial charge in [0.1, 0.15) is 0 Å². The molecule has 0 amide bonds. The zero-order chi connectivity index (χ0) is 13.7. The predicted molar refractivity (Wildman–Crippen MR) is 77.1 cm³/mol. The lowest BCUT2D eigenvalue weighted by atomic mass is 9.85. The summed E-state index contributed by atoms with van der Waals surface area (Å²) in [6.45, 7) is 9.36. The van der Waals surface area contributed by atoms with E-state index in [0.717, 1.165) is 32.5 Å². The van der Waals surface area contributed by atoms with E-state index < -0.39 is 0 Å². The van der Waals surface area contributed by atoms with E-state index in [2.05, 4.69) is 37.4 Å². The van der Waals surface area contributed by atoms with Crippen molar-refractivity contribution in [2.45, 2.75) is 64.6 Å². The summed E-state index contributed by atoms with van der Waals surface area (Å²) < 4.78 is 8.14. The van der Waals surface area contributed by atoms with Crippen LogP contribution in [0.4, 0.5) is 0 Å². The van der Waals surface area contributed by atoms with E-state index in [-0.39, 0.29) is 11.6 Å². The van der Waals surface area contributed by atoms with Gasteiger partial charge in [0, 0.05) is 24.9 Å². The Bertz CT molecular complexity index is 382. The van der Waals surface area contributed by atoms with E-state index in [4.69, 9.17) is 4.74 Å². The van der Waals surface area contributed by atoms with Gasteiger partial charge in [-0.15, -0.1) is 0 Å². The Balaban J connectivity index is 2.17. The van der Waals surface area contributed by atoms with Crippen LogP contribution in [0.3, 0.4) is 0 Å². The highest BCUT2D eigenvalue weighted by Gasteiger charge is 2.37. The Morgan fingerprint density at radius 2 is 2.32 bits per heavy atom. The molecule has 0 aromatic carbocycles. The molecule has 19 heavy (non-hydrogen) atoms. The molecule has 1 aromatic rings. The molecule has 2 rings (SSSR count). The van der Waals surface area contributed by atoms with Crippen LogP contribution in [0.1, 0.15) is 58.1 Å². The zero-order valence-electron chi connectivity index (χ0n) is 12.5. The van der Waals surface area contributed by atoms with Crippen LogP contribution in [0.5, 0.6) is 0 Å². The first kappa shape index (κ1) is 14.5. The lowest BCUT2D eigenvalue weighted by molar-refractivity contribution is -0.0895. The Hall–Kier alpha value is -0.870. The average molecular weight is 265 g/mol. The number of aryl methyl sites for hydroxylation is 1. The number of nitrogens with zero attached hydrogens (tertiary/aromatic N) is 2. The lowest BCUT2D eigenvalue weighted by Gasteiger charge is -2.40. The van der Waals surface area contributed by atoms with Crippen LogP contribution in [0, 0.1) is 0 Å². The third-order valence-corrected chi connectivity index (χ3v) is 3.96. The second-order valence-corrected chi connectivity index (χ2v) is 5.65. The van der Waals surface area contributed by atoms with Crippen molar-refractivity contribution in [3.8, 4) is 0 Å². The minimum Gasteiger partial charge on any atom is -0.373 e. The molecule has 1 aliphatic rings. The summed E-state index contributed by atoms with van der Waals surface area (Å²) in [5.41, 5.74) is 1.15. The normalized spacial score (nSPS) is 25.4. The van der Waals surface area contributed by atoms with Crippen molar-refractivity contribution in [1.29, 1.82) is 0 Å². The van der Waals surface area contributed by atoms with Gasteiger partial charge in [0.15, 0.2) is 0 Å². The number of nitrogens with one attached hydrogen (secondary N) is 1. The van der Waals surface area contributed by atoms with Crippen LogP contribution in [0.25, 0.3) is 0 Å². The molecule has 2 heterocycles. The smallest absolute Gasteiger partial charge is 0.0849 e. The number of rotatable bonds is 6. The Labute approximate surface area is 116 Å². The van der Waals surface area contributed by atoms with Crippen molar-refractivity contribution in [2.75, 3.05) is 13.2 Å². The molecule has 4 heteroatoms. The lowest BCUT2D eigenvalue weighted by Crippen LogP contribution is -2.45. The third-order valence-electron chi connectivity index (χ3n) is 3.96. The fourth-order valence-electron chi connectivity index (χ4n) is 2.95. The van der Waals surface area contributed by atoms with Crippen LogP contribution >= 0.6 is 0 Å². The van der Waals surface area contributed by atoms with Gasteiger partial charge in [-0.1, -0.05) is 13.8 Å². The number of likely N-dealkylation sites (N-methyl/N-ethyl adjacent to an activating group) is 1. The standard InChI is InChI=1S/C15H27N3O/c1-4-9-18-12-13(11-17-18)14(16-5-2)15(3)8-6-7-10-19-15/h11-12,14,16H,4-10H2,1-3H3. The molecule has 1 saturated heterocycles. The van der Waals surface area contributed by atoms with Crippen LogP contribution < -0.4 is 5.32 Å². The average Bonchev–Trinajstić information content (AvgIpc) is 2.85. The van der Waals surface area contributed by atoms with E-state index in [1.807, 2.05) is 10.9 Å². The first-order chi connectivity index (χ1) is 9.19. The monoisotopic (exact) mass is 265 g/mol.